The minimum absolute atomic E-state index is 0.00243. The summed E-state index contributed by atoms with van der Waals surface area (Å²) in [7, 11) is 0. The lowest BCUT2D eigenvalue weighted by atomic mass is 9.79. The number of nitrogens with zero attached hydrogens (tertiary/aromatic N) is 1. The molecule has 0 bridgehead atoms. The number of fused-ring (bicyclic) bond motifs is 1. The largest absolute Gasteiger partial charge is 0.446 e. The van der Waals surface area contributed by atoms with Gasteiger partial charge in [0.15, 0.2) is 0 Å². The summed E-state index contributed by atoms with van der Waals surface area (Å²) in [5.41, 5.74) is 10.9. The lowest BCUT2D eigenvalue weighted by Gasteiger charge is -2.35. The highest BCUT2D eigenvalue weighted by Gasteiger charge is 2.34. The van der Waals surface area contributed by atoms with Crippen molar-refractivity contribution in [2.75, 3.05) is 6.61 Å². The van der Waals surface area contributed by atoms with E-state index in [2.05, 4.69) is 50.0 Å². The Morgan fingerprint density at radius 2 is 2.15 bits per heavy atom. The Morgan fingerprint density at radius 3 is 2.81 bits per heavy atom. The lowest BCUT2D eigenvalue weighted by Crippen LogP contribution is -2.36. The maximum atomic E-state index is 11.5. The summed E-state index contributed by atoms with van der Waals surface area (Å²) < 4.78 is 11.5. The van der Waals surface area contributed by atoms with Crippen molar-refractivity contribution in [1.82, 2.24) is 4.98 Å². The van der Waals surface area contributed by atoms with Crippen molar-refractivity contribution < 1.29 is 14.3 Å². The van der Waals surface area contributed by atoms with Crippen LogP contribution in [0.1, 0.15) is 49.9 Å². The van der Waals surface area contributed by atoms with Gasteiger partial charge in [-0.2, -0.15) is 0 Å². The molecular formula is C22H28N2O3. The van der Waals surface area contributed by atoms with Crippen LogP contribution in [0, 0.1) is 12.3 Å². The second-order valence-corrected chi connectivity index (χ2v) is 8.42. The highest BCUT2D eigenvalue weighted by Crippen LogP contribution is 2.39. The number of hydrogen-bond donors (Lipinski definition) is 1. The molecule has 5 heteroatoms. The first-order valence-corrected chi connectivity index (χ1v) is 9.33. The quantitative estimate of drug-likeness (QED) is 0.858. The molecule has 0 saturated carbocycles. The number of pyridine rings is 1. The molecule has 1 aliphatic heterocycles. The summed E-state index contributed by atoms with van der Waals surface area (Å²) in [5.74, 6) is -0.0386. The summed E-state index contributed by atoms with van der Waals surface area (Å²) in [5, 5.41) is 0. The fraction of sp³-hybridized carbons (Fsp3) is 0.455. The summed E-state index contributed by atoms with van der Waals surface area (Å²) in [4.78, 5) is 15.8. The van der Waals surface area contributed by atoms with Crippen LogP contribution in [0.5, 0.6) is 0 Å². The predicted molar refractivity (Wildman–Crippen MR) is 105 cm³/mol. The van der Waals surface area contributed by atoms with Gasteiger partial charge >= 0.3 is 6.09 Å². The number of primary amides is 1. The first-order valence-electron chi connectivity index (χ1n) is 9.33. The van der Waals surface area contributed by atoms with E-state index in [1.165, 1.54) is 5.56 Å². The minimum atomic E-state index is -0.739. The predicted octanol–water partition coefficient (Wildman–Crippen LogP) is 4.57. The fourth-order valence-corrected chi connectivity index (χ4v) is 3.80. The molecule has 1 aromatic heterocycles. The average molecular weight is 368 g/mol. The van der Waals surface area contributed by atoms with E-state index in [9.17, 15) is 4.79 Å². The Hall–Kier alpha value is -2.40. The Labute approximate surface area is 160 Å². The molecule has 27 heavy (non-hydrogen) atoms. The van der Waals surface area contributed by atoms with Gasteiger partial charge in [-0.05, 0) is 53.1 Å². The van der Waals surface area contributed by atoms with Gasteiger partial charge in [-0.15, -0.1) is 0 Å². The van der Waals surface area contributed by atoms with E-state index in [0.29, 0.717) is 19.6 Å². The number of carbonyl (C=O) groups is 1. The zero-order chi connectivity index (χ0) is 19.6. The lowest BCUT2D eigenvalue weighted by molar-refractivity contribution is 0.0116. The maximum absolute atomic E-state index is 11.5. The van der Waals surface area contributed by atoms with E-state index in [1.54, 1.807) is 0 Å². The number of aryl methyl sites for hydroxylation is 1. The number of amides is 1. The summed E-state index contributed by atoms with van der Waals surface area (Å²) in [6, 6.07) is 10.4. The van der Waals surface area contributed by atoms with Gasteiger partial charge in [0.25, 0.3) is 0 Å². The third-order valence-electron chi connectivity index (χ3n) is 4.89. The maximum Gasteiger partial charge on any atom is 0.404 e. The summed E-state index contributed by atoms with van der Waals surface area (Å²) in [6.07, 6.45) is 1.47. The highest BCUT2D eigenvalue weighted by atomic mass is 16.6. The minimum Gasteiger partial charge on any atom is -0.446 e. The molecule has 0 fully saturated rings. The van der Waals surface area contributed by atoms with Gasteiger partial charge < -0.3 is 15.2 Å². The average Bonchev–Trinajstić information content (AvgIpc) is 2.58. The molecule has 2 heterocycles. The molecule has 2 unspecified atom stereocenters. The van der Waals surface area contributed by atoms with Crippen molar-refractivity contribution in [3.05, 3.63) is 53.3 Å². The third kappa shape index (κ3) is 4.66. The fourth-order valence-electron chi connectivity index (χ4n) is 3.80. The molecule has 1 amide bonds. The van der Waals surface area contributed by atoms with E-state index >= 15 is 0 Å². The Bertz CT molecular complexity index is 827. The number of hydrogen-bond acceptors (Lipinski definition) is 4. The van der Waals surface area contributed by atoms with Gasteiger partial charge in [0.05, 0.1) is 13.2 Å². The van der Waals surface area contributed by atoms with Gasteiger partial charge in [0.2, 0.25) is 0 Å². The molecule has 5 nitrogen and oxygen atoms in total. The molecule has 1 aliphatic rings. The van der Waals surface area contributed by atoms with E-state index < -0.39 is 6.09 Å². The second-order valence-electron chi connectivity index (χ2n) is 8.42. The molecule has 3 rings (SSSR count). The van der Waals surface area contributed by atoms with Crippen molar-refractivity contribution in [2.45, 2.75) is 52.7 Å². The first kappa shape index (κ1) is 19.4. The van der Waals surface area contributed by atoms with Crippen LogP contribution >= 0.6 is 0 Å². The molecule has 0 spiro atoms. The zero-order valence-corrected chi connectivity index (χ0v) is 16.5. The molecule has 0 aliphatic carbocycles. The standard InChI is InChI=1S/C22H28N2O3/c1-14-10-15(8-9-24-14)16-6-5-7-17-18(16)12-26-13-19(17)20(27-21(23)25)11-22(2,3)4/h5-10,19-20H,11-13H2,1-4H3,(H2,23,25). The number of aromatic nitrogens is 1. The second kappa shape index (κ2) is 7.69. The molecule has 2 atom stereocenters. The molecule has 2 N–H and O–H groups in total. The van der Waals surface area contributed by atoms with Crippen molar-refractivity contribution in [1.29, 1.82) is 0 Å². The number of carbonyl (C=O) groups excluding carboxylic acids is 1. The van der Waals surface area contributed by atoms with Crippen molar-refractivity contribution in [3.63, 3.8) is 0 Å². The van der Waals surface area contributed by atoms with Gasteiger partial charge in [-0.3, -0.25) is 4.98 Å². The Morgan fingerprint density at radius 1 is 1.37 bits per heavy atom. The summed E-state index contributed by atoms with van der Waals surface area (Å²) >= 11 is 0. The van der Waals surface area contributed by atoms with E-state index in [1.807, 2.05) is 19.2 Å². The number of ether oxygens (including phenoxy) is 2. The Kier molecular flexibility index (Phi) is 5.51. The van der Waals surface area contributed by atoms with Gasteiger partial charge in [0, 0.05) is 17.8 Å². The van der Waals surface area contributed by atoms with Crippen LogP contribution in [0.25, 0.3) is 11.1 Å². The zero-order valence-electron chi connectivity index (χ0n) is 16.5. The van der Waals surface area contributed by atoms with Gasteiger partial charge in [-0.25, -0.2) is 4.79 Å². The summed E-state index contributed by atoms with van der Waals surface area (Å²) in [6.45, 7) is 9.43. The van der Waals surface area contributed by atoms with Gasteiger partial charge in [-0.1, -0.05) is 39.0 Å². The van der Waals surface area contributed by atoms with Crippen LogP contribution in [0.3, 0.4) is 0 Å². The van der Waals surface area contributed by atoms with Crippen LogP contribution in [0.15, 0.2) is 36.5 Å². The van der Waals surface area contributed by atoms with E-state index in [4.69, 9.17) is 15.2 Å². The van der Waals surface area contributed by atoms with Crippen LogP contribution in [-0.4, -0.2) is 23.8 Å². The molecule has 144 valence electrons. The first-order chi connectivity index (χ1) is 12.7. The van der Waals surface area contributed by atoms with Crippen molar-refractivity contribution in [3.8, 4) is 11.1 Å². The third-order valence-corrected chi connectivity index (χ3v) is 4.89. The van der Waals surface area contributed by atoms with Crippen LogP contribution in [-0.2, 0) is 16.1 Å². The van der Waals surface area contributed by atoms with Crippen LogP contribution in [0.4, 0.5) is 4.79 Å². The molecule has 1 aromatic carbocycles. The van der Waals surface area contributed by atoms with Crippen molar-refractivity contribution in [2.24, 2.45) is 11.1 Å². The number of benzene rings is 1. The van der Waals surface area contributed by atoms with Gasteiger partial charge in [0.1, 0.15) is 6.10 Å². The normalized spacial score (nSPS) is 17.9. The van der Waals surface area contributed by atoms with Crippen molar-refractivity contribution >= 4 is 6.09 Å². The molecule has 0 radical (unpaired) electrons. The monoisotopic (exact) mass is 368 g/mol. The van der Waals surface area contributed by atoms with Crippen LogP contribution < -0.4 is 5.73 Å². The number of nitrogens with two attached hydrogens (primary N) is 1. The molecule has 2 aromatic rings. The van der Waals surface area contributed by atoms with Crippen LogP contribution in [0.2, 0.25) is 0 Å². The number of rotatable bonds is 4. The Balaban J connectivity index is 2.02. The molecular weight excluding hydrogens is 340 g/mol. The van der Waals surface area contributed by atoms with E-state index in [0.717, 1.165) is 22.4 Å². The highest BCUT2D eigenvalue weighted by molar-refractivity contribution is 5.69. The van der Waals surface area contributed by atoms with E-state index in [-0.39, 0.29) is 17.4 Å². The SMILES string of the molecule is Cc1cc(-c2cccc3c2COCC3C(CC(C)(C)C)OC(N)=O)ccn1. The molecule has 0 saturated heterocycles. The smallest absolute Gasteiger partial charge is 0.404 e. The topological polar surface area (TPSA) is 74.4 Å².